The number of hydrogen-bond donors (Lipinski definition) is 3. The number of urea groups is 1. The molecule has 1 atom stereocenters. The molecule has 0 saturated carbocycles. The normalized spacial score (nSPS) is 11.4. The number of pyridine rings is 1. The number of amides is 3. The number of aromatic nitrogens is 1. The Morgan fingerprint density at radius 1 is 0.778 bits per heavy atom. The van der Waals surface area contributed by atoms with Crippen LogP contribution >= 0.6 is 0 Å². The second-order valence-electron chi connectivity index (χ2n) is 8.49. The molecule has 0 unspecified atom stereocenters. The maximum Gasteiger partial charge on any atom is 0.315 e. The number of benzene rings is 3. The molecule has 0 spiro atoms. The van der Waals surface area contributed by atoms with Gasteiger partial charge >= 0.3 is 6.03 Å². The molecule has 3 aromatic carbocycles. The summed E-state index contributed by atoms with van der Waals surface area (Å²) >= 11 is 0. The lowest BCUT2D eigenvalue weighted by Crippen LogP contribution is -2.36. The lowest BCUT2D eigenvalue weighted by molar-refractivity contribution is 0.0954. The van der Waals surface area contributed by atoms with Gasteiger partial charge in [0.1, 0.15) is 0 Å². The van der Waals surface area contributed by atoms with Gasteiger partial charge in [0.15, 0.2) is 0 Å². The van der Waals surface area contributed by atoms with Crippen molar-refractivity contribution in [3.63, 3.8) is 0 Å². The number of carbonyl (C=O) groups excluding carboxylic acids is 2. The van der Waals surface area contributed by atoms with E-state index in [1.807, 2.05) is 104 Å². The Hall–Kier alpha value is -4.45. The number of hydrogen-bond acceptors (Lipinski definition) is 3. The van der Waals surface area contributed by atoms with Gasteiger partial charge in [0.2, 0.25) is 0 Å². The molecule has 0 saturated heterocycles. The van der Waals surface area contributed by atoms with Crippen LogP contribution in [0.3, 0.4) is 0 Å². The molecule has 0 aliphatic rings. The van der Waals surface area contributed by atoms with Crippen molar-refractivity contribution in [1.29, 1.82) is 0 Å². The lowest BCUT2D eigenvalue weighted by Gasteiger charge is -2.17. The minimum Gasteiger partial charge on any atom is -0.352 e. The van der Waals surface area contributed by atoms with E-state index < -0.39 is 0 Å². The smallest absolute Gasteiger partial charge is 0.315 e. The van der Waals surface area contributed by atoms with Gasteiger partial charge < -0.3 is 16.0 Å². The van der Waals surface area contributed by atoms with Crippen molar-refractivity contribution in [2.75, 3.05) is 6.54 Å². The molecule has 1 heterocycles. The Morgan fingerprint density at radius 3 is 2.25 bits per heavy atom. The molecule has 0 aliphatic heterocycles. The summed E-state index contributed by atoms with van der Waals surface area (Å²) in [7, 11) is 0. The lowest BCUT2D eigenvalue weighted by atomic mass is 9.95. The Morgan fingerprint density at radius 2 is 1.47 bits per heavy atom. The van der Waals surface area contributed by atoms with E-state index in [1.165, 1.54) is 0 Å². The molecule has 1 aromatic heterocycles. The highest BCUT2D eigenvalue weighted by molar-refractivity contribution is 6.01. The zero-order valence-electron chi connectivity index (χ0n) is 20.3. The van der Waals surface area contributed by atoms with Crippen LogP contribution in [-0.4, -0.2) is 23.5 Å². The third-order valence-corrected chi connectivity index (χ3v) is 5.96. The average molecular weight is 479 g/mol. The summed E-state index contributed by atoms with van der Waals surface area (Å²) in [6.07, 6.45) is 2.41. The fraction of sp³-hybridized carbons (Fsp3) is 0.167. The first-order chi connectivity index (χ1) is 17.6. The highest BCUT2D eigenvalue weighted by Gasteiger charge is 2.15. The van der Waals surface area contributed by atoms with Crippen LogP contribution in [0, 0.1) is 0 Å². The first-order valence-corrected chi connectivity index (χ1v) is 12.1. The number of carbonyl (C=O) groups is 2. The summed E-state index contributed by atoms with van der Waals surface area (Å²) in [5.74, 6) is -0.140. The van der Waals surface area contributed by atoms with Crippen molar-refractivity contribution in [3.8, 4) is 11.1 Å². The molecule has 36 heavy (non-hydrogen) atoms. The van der Waals surface area contributed by atoms with E-state index in [2.05, 4.69) is 20.9 Å². The van der Waals surface area contributed by atoms with Crippen molar-refractivity contribution < 1.29 is 9.59 Å². The minimum atomic E-state index is -0.248. The van der Waals surface area contributed by atoms with Gasteiger partial charge in [-0.25, -0.2) is 4.79 Å². The van der Waals surface area contributed by atoms with Crippen LogP contribution in [0.15, 0.2) is 103 Å². The maximum atomic E-state index is 13.1. The Kier molecular flexibility index (Phi) is 8.44. The van der Waals surface area contributed by atoms with Gasteiger partial charge in [-0.05, 0) is 47.4 Å². The molecule has 6 nitrogen and oxygen atoms in total. The molecule has 3 amide bonds. The molecule has 0 radical (unpaired) electrons. The predicted octanol–water partition coefficient (Wildman–Crippen LogP) is 5.28. The van der Waals surface area contributed by atoms with Crippen LogP contribution in [0.25, 0.3) is 11.1 Å². The van der Waals surface area contributed by atoms with E-state index >= 15 is 0 Å². The molecule has 0 aliphatic carbocycles. The first-order valence-electron chi connectivity index (χ1n) is 12.1. The van der Waals surface area contributed by atoms with Crippen LogP contribution in [0.5, 0.6) is 0 Å². The van der Waals surface area contributed by atoms with Crippen LogP contribution < -0.4 is 16.0 Å². The fourth-order valence-corrected chi connectivity index (χ4v) is 4.05. The highest BCUT2D eigenvalue weighted by Crippen LogP contribution is 2.27. The van der Waals surface area contributed by atoms with E-state index in [1.54, 1.807) is 6.20 Å². The summed E-state index contributed by atoms with van der Waals surface area (Å²) in [5.41, 5.74) is 5.22. The minimum absolute atomic E-state index is 0.114. The quantitative estimate of drug-likeness (QED) is 0.306. The van der Waals surface area contributed by atoms with Gasteiger partial charge in [-0.3, -0.25) is 9.78 Å². The Bertz CT molecular complexity index is 1290. The molecule has 0 bridgehead atoms. The molecular weight excluding hydrogens is 448 g/mol. The molecular formula is C30H30N4O2. The van der Waals surface area contributed by atoms with Crippen molar-refractivity contribution >= 4 is 11.9 Å². The average Bonchev–Trinajstić information content (AvgIpc) is 2.93. The van der Waals surface area contributed by atoms with Crippen molar-refractivity contribution in [2.24, 2.45) is 0 Å². The highest BCUT2D eigenvalue weighted by atomic mass is 16.2. The van der Waals surface area contributed by atoms with E-state index in [0.717, 1.165) is 27.9 Å². The number of nitrogens with zero attached hydrogens (tertiary/aromatic N) is 1. The van der Waals surface area contributed by atoms with Gasteiger partial charge in [0.25, 0.3) is 5.91 Å². The van der Waals surface area contributed by atoms with Gasteiger partial charge in [-0.15, -0.1) is 0 Å². The first kappa shape index (κ1) is 24.7. The maximum absolute atomic E-state index is 13.1. The van der Waals surface area contributed by atoms with E-state index in [0.29, 0.717) is 25.1 Å². The predicted molar refractivity (Wildman–Crippen MR) is 142 cm³/mol. The fourth-order valence-electron chi connectivity index (χ4n) is 4.05. The van der Waals surface area contributed by atoms with Crippen molar-refractivity contribution in [1.82, 2.24) is 20.9 Å². The molecule has 3 N–H and O–H groups in total. The second kappa shape index (κ2) is 12.3. The van der Waals surface area contributed by atoms with Crippen molar-refractivity contribution in [2.45, 2.75) is 25.9 Å². The van der Waals surface area contributed by atoms with E-state index in [9.17, 15) is 9.59 Å². The van der Waals surface area contributed by atoms with E-state index in [-0.39, 0.29) is 18.0 Å². The summed E-state index contributed by atoms with van der Waals surface area (Å²) < 4.78 is 0. The van der Waals surface area contributed by atoms with Gasteiger partial charge in [-0.1, -0.05) is 78.9 Å². The van der Waals surface area contributed by atoms with Gasteiger partial charge in [0.05, 0.1) is 6.04 Å². The second-order valence-corrected chi connectivity index (χ2v) is 8.49. The Labute approximate surface area is 211 Å². The standard InChI is InChI=1S/C30H30N4O2/c1-22(23-11-3-2-4-12-23)34-30(36)33-21-24-13-5-6-15-26(24)27-16-7-8-17-28(27)29(35)32-20-18-25-14-9-10-19-31-25/h2-17,19,22H,18,20-21H2,1H3,(H,32,35)(H2,33,34,36)/t22-/m1/s1. The van der Waals surface area contributed by atoms with Crippen LogP contribution in [0.4, 0.5) is 4.79 Å². The summed E-state index contributed by atoms with van der Waals surface area (Å²) in [4.78, 5) is 29.9. The van der Waals surface area contributed by atoms with Gasteiger partial charge in [-0.2, -0.15) is 0 Å². The number of nitrogens with one attached hydrogen (secondary N) is 3. The third kappa shape index (κ3) is 6.57. The van der Waals surface area contributed by atoms with Crippen molar-refractivity contribution in [3.05, 3.63) is 126 Å². The summed E-state index contributed by atoms with van der Waals surface area (Å²) in [6.45, 7) is 2.78. The molecule has 0 fully saturated rings. The largest absolute Gasteiger partial charge is 0.352 e. The molecule has 6 heteroatoms. The summed E-state index contributed by atoms with van der Waals surface area (Å²) in [6, 6.07) is 30.6. The zero-order valence-corrected chi connectivity index (χ0v) is 20.3. The molecule has 4 rings (SSSR count). The van der Waals surface area contributed by atoms with Gasteiger partial charge in [0, 0.05) is 37.0 Å². The van der Waals surface area contributed by atoms with Crippen LogP contribution in [0.2, 0.25) is 0 Å². The molecule has 182 valence electrons. The zero-order chi connectivity index (χ0) is 25.2. The Balaban J connectivity index is 1.42. The van der Waals surface area contributed by atoms with Crippen LogP contribution in [0.1, 0.15) is 40.1 Å². The SMILES string of the molecule is C[C@@H](NC(=O)NCc1ccccc1-c1ccccc1C(=O)NCCc1ccccn1)c1ccccc1. The van der Waals surface area contributed by atoms with Crippen LogP contribution in [-0.2, 0) is 13.0 Å². The topological polar surface area (TPSA) is 83.1 Å². The molecule has 4 aromatic rings. The third-order valence-electron chi connectivity index (χ3n) is 5.96. The monoisotopic (exact) mass is 478 g/mol. The number of rotatable bonds is 9. The summed E-state index contributed by atoms with van der Waals surface area (Å²) in [5, 5.41) is 8.93. The van der Waals surface area contributed by atoms with E-state index in [4.69, 9.17) is 0 Å².